The highest BCUT2D eigenvalue weighted by Crippen LogP contribution is 2.43. The third kappa shape index (κ3) is 4.26. The Hall–Kier alpha value is -7.70. The Morgan fingerprint density at radius 2 is 0.776 bits per heavy atom. The van der Waals surface area contributed by atoms with E-state index >= 15 is 0 Å². The number of hydrogen-bond donors (Lipinski definition) is 0. The summed E-state index contributed by atoms with van der Waals surface area (Å²) in [5.41, 5.74) is 9.17. The summed E-state index contributed by atoms with van der Waals surface area (Å²) in [6.07, 6.45) is 5.08. The average molecular weight is 743 g/mol. The average Bonchev–Trinajstić information content (AvgIpc) is 4.02. The Balaban J connectivity index is 1.10. The molecule has 1 aliphatic heterocycles. The molecule has 1 aliphatic rings. The highest BCUT2D eigenvalue weighted by Gasteiger charge is 2.26. The largest absolute Gasteiger partial charge is 0.315 e. The van der Waals surface area contributed by atoms with Gasteiger partial charge in [-0.05, 0) is 54.6 Å². The maximum atomic E-state index is 5.66. The van der Waals surface area contributed by atoms with Crippen molar-refractivity contribution >= 4 is 93.1 Å². The molecule has 13 rings (SSSR count). The first-order chi connectivity index (χ1) is 28.8. The molecule has 0 saturated carbocycles. The smallest absolute Gasteiger partial charge is 0.140 e. The lowest BCUT2D eigenvalue weighted by Crippen LogP contribution is -2.17. The SMILES string of the molecule is C1=CC(n2c3ccccc3c3ccccc32)=NC(n2c3ccccc3c3ccc4c5ccccc5n(-c5cccc(-n6c7ccccc7c7ccccc76)n5)c4c32)C1. The van der Waals surface area contributed by atoms with E-state index in [4.69, 9.17) is 9.98 Å². The van der Waals surface area contributed by atoms with Crippen molar-refractivity contribution in [2.75, 3.05) is 0 Å². The van der Waals surface area contributed by atoms with Crippen LogP contribution in [0.25, 0.3) is 98.9 Å². The summed E-state index contributed by atoms with van der Waals surface area (Å²) in [5.74, 6) is 2.69. The molecule has 7 aromatic carbocycles. The van der Waals surface area contributed by atoms with Crippen LogP contribution in [0.15, 0.2) is 193 Å². The van der Waals surface area contributed by atoms with Crippen LogP contribution in [-0.4, -0.2) is 29.1 Å². The lowest BCUT2D eigenvalue weighted by Gasteiger charge is -2.22. The zero-order chi connectivity index (χ0) is 37.9. The van der Waals surface area contributed by atoms with E-state index in [0.717, 1.165) is 62.5 Å². The molecule has 6 heterocycles. The molecule has 5 aromatic heterocycles. The Morgan fingerprint density at radius 3 is 1.33 bits per heavy atom. The molecule has 6 nitrogen and oxygen atoms in total. The summed E-state index contributed by atoms with van der Waals surface area (Å²) in [7, 11) is 0. The number of rotatable bonds is 3. The first-order valence-corrected chi connectivity index (χ1v) is 20.0. The summed E-state index contributed by atoms with van der Waals surface area (Å²) >= 11 is 0. The fraction of sp³-hybridized carbons (Fsp3) is 0.0385. The van der Waals surface area contributed by atoms with Crippen molar-refractivity contribution in [2.45, 2.75) is 12.6 Å². The number of aliphatic imine (C=N–C) groups is 1. The van der Waals surface area contributed by atoms with Gasteiger partial charge < -0.3 is 4.57 Å². The van der Waals surface area contributed by atoms with Gasteiger partial charge in [0.25, 0.3) is 0 Å². The number of aromatic nitrogens is 5. The summed E-state index contributed by atoms with van der Waals surface area (Å²) in [5, 5.41) is 9.70. The standard InChI is InChI=1S/C52H34N6/c1-7-21-41-33(15-1)34-16-2-8-22-42(34)55(41)47-27-13-29-49(53-47)57-45-25-11-5-19-37(45)39-31-32-40-38-20-6-12-26-46(38)58(52(40)51(39)57)50-30-14-28-48(54-50)56-43-23-9-3-17-35(43)36-18-4-10-24-44(36)56/h1-29,31-32,50H,30H2. The monoisotopic (exact) mass is 742 g/mol. The van der Waals surface area contributed by atoms with Crippen LogP contribution in [0, 0.1) is 0 Å². The van der Waals surface area contributed by atoms with Gasteiger partial charge in [-0.25, -0.2) is 9.98 Å². The number of benzene rings is 7. The van der Waals surface area contributed by atoms with E-state index in [1.54, 1.807) is 0 Å². The second-order valence-corrected chi connectivity index (χ2v) is 15.3. The Kier molecular flexibility index (Phi) is 6.46. The van der Waals surface area contributed by atoms with Crippen molar-refractivity contribution in [1.29, 1.82) is 0 Å². The molecule has 1 atom stereocenters. The van der Waals surface area contributed by atoms with Crippen molar-refractivity contribution < 1.29 is 0 Å². The summed E-state index contributed by atoms with van der Waals surface area (Å²) in [6.45, 7) is 0. The molecule has 0 spiro atoms. The first kappa shape index (κ1) is 31.5. The van der Waals surface area contributed by atoms with Crippen molar-refractivity contribution in [3.05, 3.63) is 188 Å². The third-order valence-corrected chi connectivity index (χ3v) is 12.3. The van der Waals surface area contributed by atoms with E-state index in [1.807, 2.05) is 0 Å². The minimum absolute atomic E-state index is 0.184. The first-order valence-electron chi connectivity index (χ1n) is 20.0. The molecule has 58 heavy (non-hydrogen) atoms. The predicted molar refractivity (Wildman–Crippen MR) is 241 cm³/mol. The number of hydrogen-bond acceptors (Lipinski definition) is 2. The van der Waals surface area contributed by atoms with Crippen LogP contribution in [-0.2, 0) is 0 Å². The molecular weight excluding hydrogens is 709 g/mol. The lowest BCUT2D eigenvalue weighted by molar-refractivity contribution is 0.558. The molecule has 272 valence electrons. The van der Waals surface area contributed by atoms with Gasteiger partial charge in [0.05, 0.1) is 44.1 Å². The van der Waals surface area contributed by atoms with E-state index in [-0.39, 0.29) is 6.17 Å². The molecule has 0 amide bonds. The highest BCUT2D eigenvalue weighted by atomic mass is 15.2. The molecule has 6 heteroatoms. The predicted octanol–water partition coefficient (Wildman–Crippen LogP) is 12.9. The second kappa shape index (κ2) is 11.9. The quantitative estimate of drug-likeness (QED) is 0.178. The zero-order valence-corrected chi connectivity index (χ0v) is 31.4. The number of nitrogens with zero attached hydrogens (tertiary/aromatic N) is 6. The van der Waals surface area contributed by atoms with Gasteiger partial charge in [-0.2, -0.15) is 0 Å². The number of allylic oxidation sites excluding steroid dienone is 1. The van der Waals surface area contributed by atoms with Gasteiger partial charge >= 0.3 is 0 Å². The van der Waals surface area contributed by atoms with E-state index < -0.39 is 0 Å². The topological polar surface area (TPSA) is 45.0 Å². The van der Waals surface area contributed by atoms with Crippen molar-refractivity contribution in [1.82, 2.24) is 23.3 Å². The third-order valence-electron chi connectivity index (χ3n) is 12.3. The number of pyridine rings is 1. The molecule has 0 N–H and O–H groups in total. The van der Waals surface area contributed by atoms with Crippen LogP contribution >= 0.6 is 0 Å². The number of fused-ring (bicyclic) bond motifs is 13. The van der Waals surface area contributed by atoms with Crippen molar-refractivity contribution in [3.8, 4) is 11.6 Å². The van der Waals surface area contributed by atoms with Crippen molar-refractivity contribution in [2.24, 2.45) is 4.99 Å². The molecule has 0 aliphatic carbocycles. The van der Waals surface area contributed by atoms with Gasteiger partial charge in [-0.3, -0.25) is 13.7 Å². The molecule has 0 radical (unpaired) electrons. The van der Waals surface area contributed by atoms with Gasteiger partial charge in [-0.1, -0.05) is 133 Å². The van der Waals surface area contributed by atoms with Gasteiger partial charge in [0, 0.05) is 49.5 Å². The Labute approximate surface area is 332 Å². The van der Waals surface area contributed by atoms with E-state index in [9.17, 15) is 0 Å². The summed E-state index contributed by atoms with van der Waals surface area (Å²) in [6, 6.07) is 63.2. The normalized spacial score (nSPS) is 14.7. The van der Waals surface area contributed by atoms with Gasteiger partial charge in [0.1, 0.15) is 23.6 Å². The zero-order valence-electron chi connectivity index (χ0n) is 31.4. The van der Waals surface area contributed by atoms with Crippen molar-refractivity contribution in [3.63, 3.8) is 0 Å². The van der Waals surface area contributed by atoms with E-state index in [0.29, 0.717) is 0 Å². The summed E-state index contributed by atoms with van der Waals surface area (Å²) in [4.78, 5) is 11.2. The lowest BCUT2D eigenvalue weighted by atomic mass is 10.1. The Morgan fingerprint density at radius 1 is 0.362 bits per heavy atom. The second-order valence-electron chi connectivity index (χ2n) is 15.3. The van der Waals surface area contributed by atoms with Crippen LogP contribution in [0.4, 0.5) is 0 Å². The minimum Gasteiger partial charge on any atom is -0.315 e. The molecule has 0 fully saturated rings. The minimum atomic E-state index is -0.184. The fourth-order valence-corrected chi connectivity index (χ4v) is 9.92. The van der Waals surface area contributed by atoms with Gasteiger partial charge in [0.15, 0.2) is 0 Å². The summed E-state index contributed by atoms with van der Waals surface area (Å²) < 4.78 is 9.51. The fourth-order valence-electron chi connectivity index (χ4n) is 9.92. The maximum absolute atomic E-state index is 5.66. The number of dihydropyridines is 1. The number of para-hydroxylation sites is 6. The van der Waals surface area contributed by atoms with E-state index in [1.165, 1.54) is 48.6 Å². The Bertz CT molecular complexity index is 3630. The van der Waals surface area contributed by atoms with Crippen LogP contribution < -0.4 is 0 Å². The molecule has 12 aromatic rings. The highest BCUT2D eigenvalue weighted by molar-refractivity contribution is 6.23. The van der Waals surface area contributed by atoms with Crippen LogP contribution in [0.1, 0.15) is 12.6 Å². The van der Waals surface area contributed by atoms with Crippen LogP contribution in [0.5, 0.6) is 0 Å². The van der Waals surface area contributed by atoms with Gasteiger partial charge in [0.2, 0.25) is 0 Å². The maximum Gasteiger partial charge on any atom is 0.140 e. The molecule has 1 unspecified atom stereocenters. The van der Waals surface area contributed by atoms with E-state index in [2.05, 4.69) is 206 Å². The van der Waals surface area contributed by atoms with Crippen LogP contribution in [0.2, 0.25) is 0 Å². The molecule has 0 saturated heterocycles. The molecular formula is C52H34N6. The molecule has 0 bridgehead atoms. The van der Waals surface area contributed by atoms with Gasteiger partial charge in [-0.15, -0.1) is 0 Å². The van der Waals surface area contributed by atoms with Crippen LogP contribution in [0.3, 0.4) is 0 Å².